The van der Waals surface area contributed by atoms with Crippen LogP contribution in [0, 0.1) is 6.92 Å². The third-order valence-electron chi connectivity index (χ3n) is 4.42. The molecule has 22 heavy (non-hydrogen) atoms. The zero-order chi connectivity index (χ0) is 15.7. The van der Waals surface area contributed by atoms with Gasteiger partial charge in [-0.3, -0.25) is 4.90 Å². The minimum absolute atomic E-state index is 0.299. The Morgan fingerprint density at radius 3 is 3.05 bits per heavy atom. The van der Waals surface area contributed by atoms with Crippen molar-refractivity contribution in [2.75, 3.05) is 6.54 Å². The van der Waals surface area contributed by atoms with E-state index in [1.54, 1.807) is 12.1 Å². The topological polar surface area (TPSA) is 49.5 Å². The molecule has 5 heteroatoms. The van der Waals surface area contributed by atoms with Gasteiger partial charge in [-0.25, -0.2) is 0 Å². The van der Waals surface area contributed by atoms with E-state index in [-0.39, 0.29) is 0 Å². The van der Waals surface area contributed by atoms with Crippen molar-refractivity contribution in [2.24, 2.45) is 0 Å². The second-order valence-corrected chi connectivity index (χ2v) is 6.30. The smallest absolute Gasteiger partial charge is 0.141 e. The van der Waals surface area contributed by atoms with Crippen molar-refractivity contribution in [1.82, 2.24) is 10.1 Å². The summed E-state index contributed by atoms with van der Waals surface area (Å²) in [4.78, 5) is 2.38. The summed E-state index contributed by atoms with van der Waals surface area (Å²) in [5.74, 6) is 1.28. The monoisotopic (exact) mass is 320 g/mol. The van der Waals surface area contributed by atoms with Crippen molar-refractivity contribution < 1.29 is 9.63 Å². The molecule has 1 aromatic carbocycles. The molecule has 0 spiro atoms. The zero-order valence-corrected chi connectivity index (χ0v) is 13.7. The van der Waals surface area contributed by atoms with E-state index in [2.05, 4.69) is 17.0 Å². The Labute approximate surface area is 135 Å². The van der Waals surface area contributed by atoms with Crippen LogP contribution < -0.4 is 0 Å². The van der Waals surface area contributed by atoms with Gasteiger partial charge in [0.25, 0.3) is 0 Å². The van der Waals surface area contributed by atoms with E-state index < -0.39 is 0 Å². The Hall–Kier alpha value is -1.52. The fourth-order valence-electron chi connectivity index (χ4n) is 3.35. The molecule has 1 aliphatic rings. The molecule has 0 aliphatic carbocycles. The summed E-state index contributed by atoms with van der Waals surface area (Å²) in [6.45, 7) is 5.78. The molecule has 1 aliphatic heterocycles. The maximum absolute atomic E-state index is 10.1. The molecule has 0 saturated carbocycles. The average molecular weight is 321 g/mol. The van der Waals surface area contributed by atoms with E-state index in [0.29, 0.717) is 23.4 Å². The number of phenols is 1. The van der Waals surface area contributed by atoms with Crippen LogP contribution in [0.4, 0.5) is 0 Å². The number of benzene rings is 1. The first-order valence-corrected chi connectivity index (χ1v) is 8.14. The van der Waals surface area contributed by atoms with Gasteiger partial charge in [-0.05, 0) is 44.5 Å². The number of aromatic hydroxyl groups is 1. The van der Waals surface area contributed by atoms with Gasteiger partial charge in [-0.15, -0.1) is 0 Å². The van der Waals surface area contributed by atoms with E-state index in [9.17, 15) is 5.11 Å². The standard InChI is InChI=1S/C17H21ClN2O2/c1-3-16-17(11(2)19-22-16)14-5-4-8-20(14)10-12-9-13(18)6-7-15(12)21/h6-7,9,14,21H,3-5,8,10H2,1-2H3/t14-/m0/s1. The highest BCUT2D eigenvalue weighted by Gasteiger charge is 2.31. The Morgan fingerprint density at radius 1 is 1.45 bits per heavy atom. The maximum Gasteiger partial charge on any atom is 0.141 e. The summed E-state index contributed by atoms with van der Waals surface area (Å²) >= 11 is 6.06. The van der Waals surface area contributed by atoms with E-state index in [4.69, 9.17) is 16.1 Å². The summed E-state index contributed by atoms with van der Waals surface area (Å²) in [6.07, 6.45) is 3.08. The fraction of sp³-hybridized carbons (Fsp3) is 0.471. The van der Waals surface area contributed by atoms with Gasteiger partial charge in [0, 0.05) is 35.2 Å². The highest BCUT2D eigenvalue weighted by Crippen LogP contribution is 2.38. The number of hydrogen-bond donors (Lipinski definition) is 1. The number of aromatic nitrogens is 1. The van der Waals surface area contributed by atoms with Crippen LogP contribution >= 0.6 is 11.6 Å². The number of nitrogens with zero attached hydrogens (tertiary/aromatic N) is 2. The van der Waals surface area contributed by atoms with E-state index in [1.807, 2.05) is 13.0 Å². The lowest BCUT2D eigenvalue weighted by molar-refractivity contribution is 0.242. The molecule has 3 rings (SSSR count). The minimum atomic E-state index is 0.299. The fourth-order valence-corrected chi connectivity index (χ4v) is 3.54. The number of aryl methyl sites for hydroxylation is 2. The van der Waals surface area contributed by atoms with E-state index >= 15 is 0 Å². The summed E-state index contributed by atoms with van der Waals surface area (Å²) < 4.78 is 5.45. The summed E-state index contributed by atoms with van der Waals surface area (Å²) in [6, 6.07) is 5.51. The first-order chi connectivity index (χ1) is 10.6. The maximum atomic E-state index is 10.1. The summed E-state index contributed by atoms with van der Waals surface area (Å²) in [5.41, 5.74) is 3.07. The first-order valence-electron chi connectivity index (χ1n) is 7.76. The van der Waals surface area contributed by atoms with Crippen molar-refractivity contribution in [3.8, 4) is 5.75 Å². The predicted molar refractivity (Wildman–Crippen MR) is 86.1 cm³/mol. The second-order valence-electron chi connectivity index (χ2n) is 5.86. The SMILES string of the molecule is CCc1onc(C)c1[C@@H]1CCCN1Cc1cc(Cl)ccc1O. The lowest BCUT2D eigenvalue weighted by atomic mass is 10.0. The van der Waals surface area contributed by atoms with Gasteiger partial charge in [0.15, 0.2) is 0 Å². The third kappa shape index (κ3) is 2.85. The summed E-state index contributed by atoms with van der Waals surface area (Å²) in [7, 11) is 0. The lowest BCUT2D eigenvalue weighted by Gasteiger charge is -2.25. The molecule has 0 bridgehead atoms. The van der Waals surface area contributed by atoms with Gasteiger partial charge < -0.3 is 9.63 Å². The van der Waals surface area contributed by atoms with Crippen molar-refractivity contribution in [2.45, 2.75) is 45.7 Å². The number of halogens is 1. The molecule has 118 valence electrons. The number of rotatable bonds is 4. The molecular weight excluding hydrogens is 300 g/mol. The Balaban J connectivity index is 1.87. The van der Waals surface area contributed by atoms with E-state index in [0.717, 1.165) is 42.8 Å². The number of likely N-dealkylation sites (tertiary alicyclic amines) is 1. The van der Waals surface area contributed by atoms with Crippen molar-refractivity contribution in [3.63, 3.8) is 0 Å². The lowest BCUT2D eigenvalue weighted by Crippen LogP contribution is -2.23. The minimum Gasteiger partial charge on any atom is -0.508 e. The number of phenolic OH excluding ortho intramolecular Hbond substituents is 1. The summed E-state index contributed by atoms with van der Waals surface area (Å²) in [5, 5.41) is 14.8. The molecular formula is C17H21ClN2O2. The van der Waals surface area contributed by atoms with Crippen LogP contribution in [-0.2, 0) is 13.0 Å². The second kappa shape index (κ2) is 6.31. The first kappa shape index (κ1) is 15.4. The number of hydrogen-bond acceptors (Lipinski definition) is 4. The van der Waals surface area contributed by atoms with Gasteiger partial charge >= 0.3 is 0 Å². The van der Waals surface area contributed by atoms with Crippen molar-refractivity contribution in [1.29, 1.82) is 0 Å². The van der Waals surface area contributed by atoms with Crippen LogP contribution in [0.5, 0.6) is 5.75 Å². The molecule has 0 amide bonds. The van der Waals surface area contributed by atoms with Crippen LogP contribution in [0.15, 0.2) is 22.7 Å². The molecule has 2 heterocycles. The zero-order valence-electron chi connectivity index (χ0n) is 13.0. The van der Waals surface area contributed by atoms with Crippen molar-refractivity contribution >= 4 is 11.6 Å². The molecule has 1 saturated heterocycles. The Morgan fingerprint density at radius 2 is 2.27 bits per heavy atom. The molecule has 2 aromatic rings. The normalized spacial score (nSPS) is 19.0. The largest absolute Gasteiger partial charge is 0.508 e. The van der Waals surface area contributed by atoms with Crippen LogP contribution in [0.3, 0.4) is 0 Å². The highest BCUT2D eigenvalue weighted by atomic mass is 35.5. The Kier molecular flexibility index (Phi) is 4.41. The van der Waals surface area contributed by atoms with Gasteiger partial charge in [0.05, 0.1) is 5.69 Å². The predicted octanol–water partition coefficient (Wildman–Crippen LogP) is 4.24. The molecule has 1 N–H and O–H groups in total. The molecule has 0 unspecified atom stereocenters. The molecule has 1 fully saturated rings. The van der Waals surface area contributed by atoms with Gasteiger partial charge in [-0.1, -0.05) is 23.7 Å². The Bertz CT molecular complexity index is 669. The van der Waals surface area contributed by atoms with Crippen LogP contribution in [0.1, 0.15) is 48.4 Å². The highest BCUT2D eigenvalue weighted by molar-refractivity contribution is 6.30. The van der Waals surface area contributed by atoms with Crippen LogP contribution in [-0.4, -0.2) is 21.7 Å². The van der Waals surface area contributed by atoms with E-state index in [1.165, 1.54) is 5.56 Å². The van der Waals surface area contributed by atoms with Gasteiger partial charge in [0.2, 0.25) is 0 Å². The van der Waals surface area contributed by atoms with Gasteiger partial charge in [-0.2, -0.15) is 0 Å². The molecule has 1 aromatic heterocycles. The third-order valence-corrected chi connectivity index (χ3v) is 4.65. The average Bonchev–Trinajstić information content (AvgIpc) is 3.08. The van der Waals surface area contributed by atoms with Crippen LogP contribution in [0.2, 0.25) is 5.02 Å². The van der Waals surface area contributed by atoms with Gasteiger partial charge in [0.1, 0.15) is 11.5 Å². The molecule has 0 radical (unpaired) electrons. The molecule has 1 atom stereocenters. The van der Waals surface area contributed by atoms with Crippen LogP contribution in [0.25, 0.3) is 0 Å². The quantitative estimate of drug-likeness (QED) is 0.915. The molecule has 4 nitrogen and oxygen atoms in total. The van der Waals surface area contributed by atoms with Crippen molar-refractivity contribution in [3.05, 3.63) is 45.8 Å².